The summed E-state index contributed by atoms with van der Waals surface area (Å²) < 4.78 is 7.09. The van der Waals surface area contributed by atoms with E-state index in [-0.39, 0.29) is 0 Å². The van der Waals surface area contributed by atoms with Crippen molar-refractivity contribution in [2.75, 3.05) is 26.2 Å². The molecule has 2 heterocycles. The number of morpholine rings is 1. The highest BCUT2D eigenvalue weighted by molar-refractivity contribution is 9.10. The number of halogens is 1. The first-order valence-corrected chi connectivity index (χ1v) is 8.84. The lowest BCUT2D eigenvalue weighted by atomic mass is 9.97. The first kappa shape index (κ1) is 15.5. The summed E-state index contributed by atoms with van der Waals surface area (Å²) in [5.41, 5.74) is 1.40. The standard InChI is InChI=1S/C17H25BrN2O/c1-13-11-20(16-6-8-19-9-7-16)17(12-21-13)10-14-2-4-15(18)5-3-14/h2-5,13,16-17,19H,6-12H2,1H3/t13?,17-/m0/s1. The van der Waals surface area contributed by atoms with Gasteiger partial charge < -0.3 is 10.1 Å². The number of piperidine rings is 1. The molecule has 0 radical (unpaired) electrons. The molecule has 0 saturated carbocycles. The molecule has 2 aliphatic heterocycles. The molecule has 1 aromatic carbocycles. The molecule has 0 aliphatic carbocycles. The summed E-state index contributed by atoms with van der Waals surface area (Å²) in [5, 5.41) is 3.47. The summed E-state index contributed by atoms with van der Waals surface area (Å²) in [4.78, 5) is 2.72. The van der Waals surface area contributed by atoms with E-state index in [9.17, 15) is 0 Å². The van der Waals surface area contributed by atoms with E-state index in [0.29, 0.717) is 12.1 Å². The zero-order valence-electron chi connectivity index (χ0n) is 12.7. The summed E-state index contributed by atoms with van der Waals surface area (Å²) in [6.45, 7) is 6.44. The van der Waals surface area contributed by atoms with Crippen molar-refractivity contribution in [2.45, 2.75) is 44.4 Å². The Bertz CT molecular complexity index is 445. The molecular formula is C17H25BrN2O. The van der Waals surface area contributed by atoms with Crippen LogP contribution in [0.5, 0.6) is 0 Å². The Morgan fingerprint density at radius 3 is 2.67 bits per heavy atom. The van der Waals surface area contributed by atoms with Crippen molar-refractivity contribution in [2.24, 2.45) is 0 Å². The highest BCUT2D eigenvalue weighted by Crippen LogP contribution is 2.23. The maximum atomic E-state index is 5.94. The molecule has 0 amide bonds. The van der Waals surface area contributed by atoms with Crippen molar-refractivity contribution >= 4 is 15.9 Å². The Balaban J connectivity index is 1.69. The Labute approximate surface area is 136 Å². The molecule has 21 heavy (non-hydrogen) atoms. The predicted octanol–water partition coefficient (Wildman–Crippen LogP) is 2.83. The molecular weight excluding hydrogens is 328 g/mol. The third kappa shape index (κ3) is 4.07. The van der Waals surface area contributed by atoms with Crippen LogP contribution < -0.4 is 5.32 Å². The minimum Gasteiger partial charge on any atom is -0.376 e. The van der Waals surface area contributed by atoms with Crippen LogP contribution in [-0.2, 0) is 11.2 Å². The number of ether oxygens (including phenoxy) is 1. The number of benzene rings is 1. The van der Waals surface area contributed by atoms with Gasteiger partial charge in [-0.15, -0.1) is 0 Å². The minimum atomic E-state index is 0.362. The average molecular weight is 353 g/mol. The van der Waals surface area contributed by atoms with Gasteiger partial charge >= 0.3 is 0 Å². The molecule has 116 valence electrons. The van der Waals surface area contributed by atoms with E-state index in [4.69, 9.17) is 4.74 Å². The fraction of sp³-hybridized carbons (Fsp3) is 0.647. The van der Waals surface area contributed by atoms with Crippen LogP contribution >= 0.6 is 15.9 Å². The monoisotopic (exact) mass is 352 g/mol. The maximum absolute atomic E-state index is 5.94. The molecule has 2 aliphatic rings. The van der Waals surface area contributed by atoms with Gasteiger partial charge in [0.15, 0.2) is 0 Å². The quantitative estimate of drug-likeness (QED) is 0.905. The van der Waals surface area contributed by atoms with Gasteiger partial charge in [0.25, 0.3) is 0 Å². The van der Waals surface area contributed by atoms with Gasteiger partial charge in [0, 0.05) is 23.1 Å². The number of rotatable bonds is 3. The largest absolute Gasteiger partial charge is 0.376 e. The Kier molecular flexibility index (Phi) is 5.33. The molecule has 4 heteroatoms. The summed E-state index contributed by atoms with van der Waals surface area (Å²) in [6.07, 6.45) is 3.98. The first-order chi connectivity index (χ1) is 10.2. The highest BCUT2D eigenvalue weighted by Gasteiger charge is 2.32. The highest BCUT2D eigenvalue weighted by atomic mass is 79.9. The van der Waals surface area contributed by atoms with Crippen LogP contribution in [0.2, 0.25) is 0 Å². The van der Waals surface area contributed by atoms with Gasteiger partial charge in [0.1, 0.15) is 0 Å². The van der Waals surface area contributed by atoms with E-state index in [2.05, 4.69) is 57.3 Å². The number of nitrogens with one attached hydrogen (secondary N) is 1. The Morgan fingerprint density at radius 2 is 1.95 bits per heavy atom. The van der Waals surface area contributed by atoms with E-state index < -0.39 is 0 Å². The van der Waals surface area contributed by atoms with Gasteiger partial charge in [-0.3, -0.25) is 4.90 Å². The summed E-state index contributed by atoms with van der Waals surface area (Å²) >= 11 is 3.51. The third-order valence-corrected chi connectivity index (χ3v) is 5.20. The average Bonchev–Trinajstić information content (AvgIpc) is 2.52. The maximum Gasteiger partial charge on any atom is 0.0674 e. The predicted molar refractivity (Wildman–Crippen MR) is 89.6 cm³/mol. The Morgan fingerprint density at radius 1 is 1.24 bits per heavy atom. The van der Waals surface area contributed by atoms with Crippen molar-refractivity contribution in [3.8, 4) is 0 Å². The molecule has 2 saturated heterocycles. The molecule has 1 N–H and O–H groups in total. The second-order valence-corrected chi connectivity index (χ2v) is 7.22. The second-order valence-electron chi connectivity index (χ2n) is 6.31. The van der Waals surface area contributed by atoms with Crippen LogP contribution in [0, 0.1) is 0 Å². The number of hydrogen-bond donors (Lipinski definition) is 1. The molecule has 2 atom stereocenters. The summed E-state index contributed by atoms with van der Waals surface area (Å²) in [7, 11) is 0. The summed E-state index contributed by atoms with van der Waals surface area (Å²) in [5.74, 6) is 0. The van der Waals surface area contributed by atoms with Crippen LogP contribution in [0.3, 0.4) is 0 Å². The van der Waals surface area contributed by atoms with Gasteiger partial charge in [-0.1, -0.05) is 28.1 Å². The smallest absolute Gasteiger partial charge is 0.0674 e. The fourth-order valence-corrected chi connectivity index (χ4v) is 3.79. The van der Waals surface area contributed by atoms with Gasteiger partial charge in [-0.25, -0.2) is 0 Å². The fourth-order valence-electron chi connectivity index (χ4n) is 3.52. The molecule has 1 aromatic rings. The topological polar surface area (TPSA) is 24.5 Å². The normalized spacial score (nSPS) is 28.7. The summed E-state index contributed by atoms with van der Waals surface area (Å²) in [6, 6.07) is 9.96. The second kappa shape index (κ2) is 7.23. The van der Waals surface area contributed by atoms with E-state index in [0.717, 1.165) is 43.2 Å². The first-order valence-electron chi connectivity index (χ1n) is 8.05. The zero-order valence-corrected chi connectivity index (χ0v) is 14.3. The van der Waals surface area contributed by atoms with Gasteiger partial charge in [0.2, 0.25) is 0 Å². The third-order valence-electron chi connectivity index (χ3n) is 4.67. The van der Waals surface area contributed by atoms with Crippen LogP contribution in [0.25, 0.3) is 0 Å². The van der Waals surface area contributed by atoms with Crippen molar-refractivity contribution in [1.29, 1.82) is 0 Å². The molecule has 3 nitrogen and oxygen atoms in total. The van der Waals surface area contributed by atoms with Gasteiger partial charge in [-0.2, -0.15) is 0 Å². The van der Waals surface area contributed by atoms with Crippen LogP contribution in [0.1, 0.15) is 25.3 Å². The van der Waals surface area contributed by atoms with Gasteiger partial charge in [-0.05, 0) is 57.0 Å². The van der Waals surface area contributed by atoms with Crippen molar-refractivity contribution in [1.82, 2.24) is 10.2 Å². The lowest BCUT2D eigenvalue weighted by Crippen LogP contribution is -2.56. The van der Waals surface area contributed by atoms with E-state index in [1.165, 1.54) is 18.4 Å². The zero-order chi connectivity index (χ0) is 14.7. The Hall–Kier alpha value is -0.420. The lowest BCUT2D eigenvalue weighted by Gasteiger charge is -2.45. The van der Waals surface area contributed by atoms with E-state index >= 15 is 0 Å². The molecule has 0 spiro atoms. The van der Waals surface area contributed by atoms with Crippen LogP contribution in [0.15, 0.2) is 28.7 Å². The molecule has 0 bridgehead atoms. The molecule has 3 rings (SSSR count). The molecule has 1 unspecified atom stereocenters. The number of hydrogen-bond acceptors (Lipinski definition) is 3. The van der Waals surface area contributed by atoms with Crippen molar-refractivity contribution < 1.29 is 4.74 Å². The van der Waals surface area contributed by atoms with E-state index in [1.54, 1.807) is 0 Å². The van der Waals surface area contributed by atoms with Crippen molar-refractivity contribution in [3.63, 3.8) is 0 Å². The van der Waals surface area contributed by atoms with Crippen LogP contribution in [-0.4, -0.2) is 49.3 Å². The van der Waals surface area contributed by atoms with Crippen molar-refractivity contribution in [3.05, 3.63) is 34.3 Å². The molecule has 0 aromatic heterocycles. The van der Waals surface area contributed by atoms with Crippen LogP contribution in [0.4, 0.5) is 0 Å². The minimum absolute atomic E-state index is 0.362. The molecule has 2 fully saturated rings. The number of nitrogens with zero attached hydrogens (tertiary/aromatic N) is 1. The van der Waals surface area contributed by atoms with E-state index in [1.807, 2.05) is 0 Å². The SMILES string of the molecule is CC1CN(C2CCNCC2)[C@@H](Cc2ccc(Br)cc2)CO1. The lowest BCUT2D eigenvalue weighted by molar-refractivity contribution is -0.0752. The van der Waals surface area contributed by atoms with Gasteiger partial charge in [0.05, 0.1) is 12.7 Å².